The minimum absolute atomic E-state index is 0.0404. The Morgan fingerprint density at radius 2 is 1.79 bits per heavy atom. The molecule has 0 aromatic carbocycles. The molecule has 14 heavy (non-hydrogen) atoms. The molecule has 1 unspecified atom stereocenters. The zero-order chi connectivity index (χ0) is 10.8. The Bertz CT molecular complexity index is 148. The first kappa shape index (κ1) is 13.8. The molecule has 0 aliphatic rings. The third-order valence-electron chi connectivity index (χ3n) is 2.30. The molecule has 0 aliphatic carbocycles. The van der Waals surface area contributed by atoms with Crippen LogP contribution in [0.15, 0.2) is 0 Å². The van der Waals surface area contributed by atoms with Crippen molar-refractivity contribution < 1.29 is 9.90 Å². The van der Waals surface area contributed by atoms with Gasteiger partial charge in [-0.2, -0.15) is 12.6 Å². The van der Waals surface area contributed by atoms with E-state index in [1.165, 1.54) is 32.1 Å². The first-order valence-corrected chi connectivity index (χ1v) is 6.08. The van der Waals surface area contributed by atoms with Gasteiger partial charge in [-0.1, -0.05) is 45.4 Å². The summed E-state index contributed by atoms with van der Waals surface area (Å²) in [6, 6.07) is 0. The van der Waals surface area contributed by atoms with Crippen molar-refractivity contribution in [2.45, 2.75) is 63.5 Å². The summed E-state index contributed by atoms with van der Waals surface area (Å²) in [6.07, 6.45) is 8.64. The van der Waals surface area contributed by atoms with Gasteiger partial charge in [-0.05, 0) is 6.42 Å². The Hall–Kier alpha value is -0.180. The van der Waals surface area contributed by atoms with Gasteiger partial charge in [-0.25, -0.2) is 0 Å². The van der Waals surface area contributed by atoms with Crippen molar-refractivity contribution >= 4 is 18.6 Å². The maximum Gasteiger partial charge on any atom is 0.304 e. The summed E-state index contributed by atoms with van der Waals surface area (Å²) in [5, 5.41) is 8.55. The first-order chi connectivity index (χ1) is 6.66. The van der Waals surface area contributed by atoms with E-state index in [0.29, 0.717) is 0 Å². The number of hydrogen-bond donors (Lipinski definition) is 2. The monoisotopic (exact) mass is 218 g/mol. The second kappa shape index (κ2) is 9.38. The van der Waals surface area contributed by atoms with Crippen molar-refractivity contribution in [2.75, 3.05) is 0 Å². The lowest BCUT2D eigenvalue weighted by Crippen LogP contribution is -2.06. The lowest BCUT2D eigenvalue weighted by molar-refractivity contribution is -0.136. The van der Waals surface area contributed by atoms with Gasteiger partial charge >= 0.3 is 5.97 Å². The van der Waals surface area contributed by atoms with Crippen LogP contribution in [0.3, 0.4) is 0 Å². The molecule has 0 saturated carbocycles. The Kier molecular flexibility index (Phi) is 9.26. The smallest absolute Gasteiger partial charge is 0.304 e. The molecule has 1 atom stereocenters. The van der Waals surface area contributed by atoms with E-state index < -0.39 is 5.97 Å². The third-order valence-corrected chi connectivity index (χ3v) is 2.74. The molecule has 0 radical (unpaired) electrons. The number of hydrogen-bond acceptors (Lipinski definition) is 2. The van der Waals surface area contributed by atoms with Crippen LogP contribution in [0.5, 0.6) is 0 Å². The minimum Gasteiger partial charge on any atom is -0.481 e. The van der Waals surface area contributed by atoms with Crippen LogP contribution in [0.2, 0.25) is 0 Å². The normalized spacial score (nSPS) is 12.7. The summed E-state index contributed by atoms with van der Waals surface area (Å²) in [4.78, 5) is 10.3. The fourth-order valence-electron chi connectivity index (χ4n) is 1.46. The van der Waals surface area contributed by atoms with Gasteiger partial charge in [0.2, 0.25) is 0 Å². The molecule has 0 bridgehead atoms. The maximum atomic E-state index is 10.3. The molecule has 0 saturated heterocycles. The third kappa shape index (κ3) is 9.90. The topological polar surface area (TPSA) is 37.3 Å². The van der Waals surface area contributed by atoms with Crippen molar-refractivity contribution in [2.24, 2.45) is 0 Å². The van der Waals surface area contributed by atoms with Gasteiger partial charge in [-0.15, -0.1) is 0 Å². The Morgan fingerprint density at radius 3 is 2.36 bits per heavy atom. The lowest BCUT2D eigenvalue weighted by Gasteiger charge is -2.06. The summed E-state index contributed by atoms with van der Waals surface area (Å²) in [6.45, 7) is 2.20. The zero-order valence-electron chi connectivity index (χ0n) is 9.04. The highest BCUT2D eigenvalue weighted by Crippen LogP contribution is 2.13. The molecule has 3 heteroatoms. The second-order valence-corrected chi connectivity index (χ2v) is 4.54. The number of carbonyl (C=O) groups is 1. The fourth-order valence-corrected chi connectivity index (χ4v) is 1.80. The molecule has 0 heterocycles. The number of unbranched alkanes of at least 4 members (excludes halogenated alkanes) is 5. The fraction of sp³-hybridized carbons (Fsp3) is 0.909. The molecular weight excluding hydrogens is 196 g/mol. The van der Waals surface area contributed by atoms with Gasteiger partial charge in [0, 0.05) is 5.25 Å². The van der Waals surface area contributed by atoms with E-state index in [-0.39, 0.29) is 11.7 Å². The minimum atomic E-state index is -0.740. The van der Waals surface area contributed by atoms with Crippen LogP contribution in [0, 0.1) is 0 Å². The average Bonchev–Trinajstić information content (AvgIpc) is 2.10. The summed E-state index contributed by atoms with van der Waals surface area (Å²) >= 11 is 4.23. The molecule has 0 aliphatic heterocycles. The second-order valence-electron chi connectivity index (χ2n) is 3.81. The highest BCUT2D eigenvalue weighted by atomic mass is 32.1. The molecule has 0 rings (SSSR count). The van der Waals surface area contributed by atoms with Crippen molar-refractivity contribution in [3.63, 3.8) is 0 Å². The van der Waals surface area contributed by atoms with E-state index in [2.05, 4.69) is 19.6 Å². The average molecular weight is 218 g/mol. The number of carboxylic acids is 1. The van der Waals surface area contributed by atoms with Crippen LogP contribution in [0.25, 0.3) is 0 Å². The summed E-state index contributed by atoms with van der Waals surface area (Å²) in [7, 11) is 0. The SMILES string of the molecule is CCCCCCCCC(S)CC(=O)O. The number of carboxylic acid groups (broad SMARTS) is 1. The summed E-state index contributed by atoms with van der Waals surface area (Å²) in [5.74, 6) is -0.740. The van der Waals surface area contributed by atoms with Crippen LogP contribution in [-0.2, 0) is 4.79 Å². The van der Waals surface area contributed by atoms with Gasteiger partial charge in [-0.3, -0.25) is 4.79 Å². The van der Waals surface area contributed by atoms with Crippen molar-refractivity contribution in [3.8, 4) is 0 Å². The summed E-state index contributed by atoms with van der Waals surface area (Å²) < 4.78 is 0. The van der Waals surface area contributed by atoms with Gasteiger partial charge < -0.3 is 5.11 Å². The number of rotatable bonds is 9. The van der Waals surface area contributed by atoms with E-state index >= 15 is 0 Å². The van der Waals surface area contributed by atoms with Crippen molar-refractivity contribution in [1.82, 2.24) is 0 Å². The molecule has 2 nitrogen and oxygen atoms in total. The van der Waals surface area contributed by atoms with Crippen LogP contribution < -0.4 is 0 Å². The highest BCUT2D eigenvalue weighted by molar-refractivity contribution is 7.81. The first-order valence-electron chi connectivity index (χ1n) is 5.56. The van der Waals surface area contributed by atoms with E-state index in [1.807, 2.05) is 0 Å². The van der Waals surface area contributed by atoms with Crippen LogP contribution in [0.4, 0.5) is 0 Å². The standard InChI is InChI=1S/C11H22O2S/c1-2-3-4-5-6-7-8-10(14)9-11(12)13/h10,14H,2-9H2,1H3,(H,12,13). The van der Waals surface area contributed by atoms with Gasteiger partial charge in [0.1, 0.15) is 0 Å². The van der Waals surface area contributed by atoms with Crippen LogP contribution >= 0.6 is 12.6 Å². The predicted octanol–water partition coefficient (Wildman–Crippen LogP) is 3.51. The zero-order valence-corrected chi connectivity index (χ0v) is 9.93. The number of thiol groups is 1. The summed E-state index contributed by atoms with van der Waals surface area (Å²) in [5.41, 5.74) is 0. The van der Waals surface area contributed by atoms with Gasteiger partial charge in [0.15, 0.2) is 0 Å². The largest absolute Gasteiger partial charge is 0.481 e. The molecule has 0 amide bonds. The van der Waals surface area contributed by atoms with E-state index in [4.69, 9.17) is 5.11 Å². The number of aliphatic carboxylic acids is 1. The van der Waals surface area contributed by atoms with Gasteiger partial charge in [0.25, 0.3) is 0 Å². The van der Waals surface area contributed by atoms with Gasteiger partial charge in [0.05, 0.1) is 6.42 Å². The van der Waals surface area contributed by atoms with E-state index in [9.17, 15) is 4.79 Å². The molecule has 0 fully saturated rings. The Balaban J connectivity index is 3.14. The highest BCUT2D eigenvalue weighted by Gasteiger charge is 2.07. The molecule has 1 N–H and O–H groups in total. The maximum absolute atomic E-state index is 10.3. The Labute approximate surface area is 92.5 Å². The predicted molar refractivity (Wildman–Crippen MR) is 63.0 cm³/mol. The Morgan fingerprint density at radius 1 is 1.21 bits per heavy atom. The van der Waals surface area contributed by atoms with E-state index in [1.54, 1.807) is 0 Å². The van der Waals surface area contributed by atoms with E-state index in [0.717, 1.165) is 12.8 Å². The van der Waals surface area contributed by atoms with Crippen molar-refractivity contribution in [3.05, 3.63) is 0 Å². The van der Waals surface area contributed by atoms with Crippen LogP contribution in [0.1, 0.15) is 58.3 Å². The molecule has 0 aromatic heterocycles. The molecule has 0 spiro atoms. The molecular formula is C11H22O2S. The quantitative estimate of drug-likeness (QED) is 0.459. The van der Waals surface area contributed by atoms with Crippen LogP contribution in [-0.4, -0.2) is 16.3 Å². The molecule has 0 aromatic rings. The van der Waals surface area contributed by atoms with Crippen molar-refractivity contribution in [1.29, 1.82) is 0 Å². The lowest BCUT2D eigenvalue weighted by atomic mass is 10.1. The molecule has 84 valence electrons.